The Morgan fingerprint density at radius 2 is 2.29 bits per heavy atom. The van der Waals surface area contributed by atoms with Gasteiger partial charge < -0.3 is 10.5 Å². The molecule has 4 heteroatoms. The lowest BCUT2D eigenvalue weighted by molar-refractivity contribution is 0.0855. The summed E-state index contributed by atoms with van der Waals surface area (Å²) < 4.78 is 19.5. The second kappa shape index (κ2) is 3.94. The van der Waals surface area contributed by atoms with Crippen LogP contribution in [0.4, 0.5) is 4.39 Å². The first-order valence-electron chi connectivity index (χ1n) is 5.95. The average molecular weight is 256 g/mol. The Bertz CT molecular complexity index is 453. The minimum Gasteiger partial charge on any atom is -0.373 e. The minimum atomic E-state index is -0.405. The maximum absolute atomic E-state index is 13.7. The Labute approximate surface area is 105 Å². The first-order valence-corrected chi connectivity index (χ1v) is 6.33. The van der Waals surface area contributed by atoms with E-state index < -0.39 is 5.54 Å². The molecule has 3 atom stereocenters. The number of hydrogen-bond acceptors (Lipinski definition) is 2. The lowest BCUT2D eigenvalue weighted by Crippen LogP contribution is -2.50. The molecule has 2 N–H and O–H groups in total. The summed E-state index contributed by atoms with van der Waals surface area (Å²) in [4.78, 5) is 0. The van der Waals surface area contributed by atoms with Crippen LogP contribution in [0, 0.1) is 5.82 Å². The number of fused-ring (bicyclic) bond motifs is 2. The molecule has 2 aliphatic heterocycles. The molecule has 0 amide bonds. The predicted octanol–water partition coefficient (Wildman–Crippen LogP) is 2.67. The van der Waals surface area contributed by atoms with Gasteiger partial charge in [0.15, 0.2) is 0 Å². The first kappa shape index (κ1) is 11.5. The molecule has 2 bridgehead atoms. The molecule has 2 saturated heterocycles. The third kappa shape index (κ3) is 1.96. The number of halogens is 2. The average Bonchev–Trinajstić information content (AvgIpc) is 2.82. The molecule has 2 nitrogen and oxygen atoms in total. The van der Waals surface area contributed by atoms with Gasteiger partial charge in [-0.1, -0.05) is 17.7 Å². The summed E-state index contributed by atoms with van der Waals surface area (Å²) in [5.74, 6) is -0.273. The van der Waals surface area contributed by atoms with Gasteiger partial charge in [-0.3, -0.25) is 0 Å². The summed E-state index contributed by atoms with van der Waals surface area (Å²) in [6.45, 7) is 0. The quantitative estimate of drug-likeness (QED) is 0.882. The van der Waals surface area contributed by atoms with Gasteiger partial charge in [0.05, 0.1) is 12.2 Å². The highest BCUT2D eigenvalue weighted by atomic mass is 35.5. The van der Waals surface area contributed by atoms with Gasteiger partial charge in [-0.05, 0) is 43.4 Å². The molecule has 2 fully saturated rings. The van der Waals surface area contributed by atoms with Gasteiger partial charge in [0, 0.05) is 10.6 Å². The summed E-state index contributed by atoms with van der Waals surface area (Å²) >= 11 is 5.74. The van der Waals surface area contributed by atoms with E-state index in [1.807, 2.05) is 0 Å². The number of benzene rings is 1. The highest BCUT2D eigenvalue weighted by Gasteiger charge is 2.49. The van der Waals surface area contributed by atoms with E-state index in [1.54, 1.807) is 12.1 Å². The lowest BCUT2D eigenvalue weighted by atomic mass is 9.78. The van der Waals surface area contributed by atoms with E-state index in [-0.39, 0.29) is 18.0 Å². The molecular formula is C13H15ClFNO. The maximum atomic E-state index is 13.7. The van der Waals surface area contributed by atoms with E-state index in [1.165, 1.54) is 6.07 Å². The fraction of sp³-hybridized carbons (Fsp3) is 0.538. The van der Waals surface area contributed by atoms with E-state index in [0.717, 1.165) is 19.3 Å². The van der Waals surface area contributed by atoms with Gasteiger partial charge in [0.1, 0.15) is 5.82 Å². The fourth-order valence-electron chi connectivity index (χ4n) is 3.04. The van der Waals surface area contributed by atoms with Crippen LogP contribution >= 0.6 is 11.6 Å². The Kier molecular flexibility index (Phi) is 2.65. The van der Waals surface area contributed by atoms with Gasteiger partial charge >= 0.3 is 0 Å². The molecule has 0 radical (unpaired) electrons. The van der Waals surface area contributed by atoms with Gasteiger partial charge in [-0.25, -0.2) is 4.39 Å². The molecule has 0 aromatic heterocycles. The predicted molar refractivity (Wildman–Crippen MR) is 64.5 cm³/mol. The highest BCUT2D eigenvalue weighted by molar-refractivity contribution is 6.30. The molecule has 2 heterocycles. The van der Waals surface area contributed by atoms with Crippen molar-refractivity contribution >= 4 is 11.6 Å². The number of hydrogen-bond donors (Lipinski definition) is 1. The molecule has 1 aromatic carbocycles. The standard InChI is InChI=1S/C13H15ClFNO/c14-9-2-1-8(11(15)5-9)6-13(16)7-10-3-4-12(13)17-10/h1-2,5,10,12H,3-4,6-7,16H2. The van der Waals surface area contributed by atoms with Crippen molar-refractivity contribution in [3.05, 3.63) is 34.6 Å². The van der Waals surface area contributed by atoms with Crippen LogP contribution in [0.3, 0.4) is 0 Å². The fourth-order valence-corrected chi connectivity index (χ4v) is 3.20. The van der Waals surface area contributed by atoms with E-state index in [0.29, 0.717) is 17.0 Å². The van der Waals surface area contributed by atoms with Crippen LogP contribution in [0.5, 0.6) is 0 Å². The van der Waals surface area contributed by atoms with Crippen molar-refractivity contribution in [1.82, 2.24) is 0 Å². The molecule has 1 aromatic rings. The summed E-state index contributed by atoms with van der Waals surface area (Å²) in [5.41, 5.74) is 6.59. The van der Waals surface area contributed by atoms with Crippen LogP contribution < -0.4 is 5.73 Å². The molecule has 0 aliphatic carbocycles. The molecular weight excluding hydrogens is 241 g/mol. The van der Waals surface area contributed by atoms with E-state index in [9.17, 15) is 4.39 Å². The zero-order valence-electron chi connectivity index (χ0n) is 9.46. The first-order chi connectivity index (χ1) is 8.07. The third-order valence-corrected chi connectivity index (χ3v) is 4.13. The summed E-state index contributed by atoms with van der Waals surface area (Å²) in [5, 5.41) is 0.418. The third-order valence-electron chi connectivity index (χ3n) is 3.89. The van der Waals surface area contributed by atoms with E-state index in [2.05, 4.69) is 0 Å². The SMILES string of the molecule is NC1(Cc2ccc(Cl)cc2F)CC2CCC1O2. The monoisotopic (exact) mass is 255 g/mol. The van der Waals surface area contributed by atoms with E-state index >= 15 is 0 Å². The van der Waals surface area contributed by atoms with Crippen LogP contribution in [0.2, 0.25) is 5.02 Å². The zero-order valence-corrected chi connectivity index (χ0v) is 10.2. The summed E-state index contributed by atoms with van der Waals surface area (Å²) in [7, 11) is 0. The van der Waals surface area contributed by atoms with Crippen LogP contribution in [0.1, 0.15) is 24.8 Å². The van der Waals surface area contributed by atoms with Crippen molar-refractivity contribution < 1.29 is 9.13 Å². The summed E-state index contributed by atoms with van der Waals surface area (Å²) in [6, 6.07) is 4.77. The van der Waals surface area contributed by atoms with Crippen molar-refractivity contribution in [3.8, 4) is 0 Å². The van der Waals surface area contributed by atoms with E-state index in [4.69, 9.17) is 22.1 Å². The van der Waals surface area contributed by atoms with Gasteiger partial charge in [0.25, 0.3) is 0 Å². The Hall–Kier alpha value is -0.640. The van der Waals surface area contributed by atoms with Crippen molar-refractivity contribution in [2.24, 2.45) is 5.73 Å². The zero-order chi connectivity index (χ0) is 12.0. The number of rotatable bonds is 2. The van der Waals surface area contributed by atoms with Crippen LogP contribution in [-0.4, -0.2) is 17.7 Å². The molecule has 0 saturated carbocycles. The van der Waals surface area contributed by atoms with Crippen molar-refractivity contribution in [2.75, 3.05) is 0 Å². The minimum absolute atomic E-state index is 0.0857. The molecule has 0 spiro atoms. The second-order valence-electron chi connectivity index (χ2n) is 5.17. The Morgan fingerprint density at radius 3 is 2.88 bits per heavy atom. The van der Waals surface area contributed by atoms with Crippen LogP contribution in [0.15, 0.2) is 18.2 Å². The second-order valence-corrected chi connectivity index (χ2v) is 5.61. The normalized spacial score (nSPS) is 35.5. The topological polar surface area (TPSA) is 35.2 Å². The Balaban J connectivity index is 1.83. The largest absolute Gasteiger partial charge is 0.373 e. The van der Waals surface area contributed by atoms with Crippen molar-refractivity contribution in [2.45, 2.75) is 43.4 Å². The van der Waals surface area contributed by atoms with Gasteiger partial charge in [0.2, 0.25) is 0 Å². The number of ether oxygens (including phenoxy) is 1. The summed E-state index contributed by atoms with van der Waals surface area (Å²) in [6.07, 6.45) is 3.81. The highest BCUT2D eigenvalue weighted by Crippen LogP contribution is 2.42. The number of nitrogens with two attached hydrogens (primary N) is 1. The smallest absolute Gasteiger partial charge is 0.127 e. The molecule has 3 rings (SSSR count). The van der Waals surface area contributed by atoms with Crippen LogP contribution in [0.25, 0.3) is 0 Å². The molecule has 92 valence electrons. The van der Waals surface area contributed by atoms with Gasteiger partial charge in [-0.2, -0.15) is 0 Å². The van der Waals surface area contributed by atoms with Gasteiger partial charge in [-0.15, -0.1) is 0 Å². The van der Waals surface area contributed by atoms with Crippen molar-refractivity contribution in [1.29, 1.82) is 0 Å². The molecule has 2 aliphatic rings. The molecule has 3 unspecified atom stereocenters. The Morgan fingerprint density at radius 1 is 1.47 bits per heavy atom. The lowest BCUT2D eigenvalue weighted by Gasteiger charge is -2.31. The van der Waals surface area contributed by atoms with Crippen molar-refractivity contribution in [3.63, 3.8) is 0 Å². The maximum Gasteiger partial charge on any atom is 0.127 e. The molecule has 17 heavy (non-hydrogen) atoms. The van der Waals surface area contributed by atoms with Crippen LogP contribution in [-0.2, 0) is 11.2 Å².